The fourth-order valence-electron chi connectivity index (χ4n) is 2.77. The van der Waals surface area contributed by atoms with Gasteiger partial charge in [0.1, 0.15) is 11.5 Å². The molecule has 0 fully saturated rings. The van der Waals surface area contributed by atoms with Gasteiger partial charge in [-0.1, -0.05) is 25.1 Å². The van der Waals surface area contributed by atoms with Gasteiger partial charge in [0.25, 0.3) is 0 Å². The first kappa shape index (κ1) is 13.2. The van der Waals surface area contributed by atoms with Gasteiger partial charge in [-0.25, -0.2) is 0 Å². The molecule has 3 rings (SSSR count). The minimum atomic E-state index is 0.115. The minimum absolute atomic E-state index is 0.115. The van der Waals surface area contributed by atoms with Crippen molar-refractivity contribution >= 4 is 0 Å². The molecule has 2 aromatic rings. The van der Waals surface area contributed by atoms with Crippen LogP contribution in [0.1, 0.15) is 42.5 Å². The van der Waals surface area contributed by atoms with Crippen LogP contribution in [0.5, 0.6) is 11.5 Å². The van der Waals surface area contributed by atoms with Gasteiger partial charge >= 0.3 is 0 Å². The number of rotatable bonds is 4. The second kappa shape index (κ2) is 5.68. The van der Waals surface area contributed by atoms with Crippen LogP contribution in [0.4, 0.5) is 0 Å². The summed E-state index contributed by atoms with van der Waals surface area (Å²) in [5.74, 6) is 1.80. The van der Waals surface area contributed by atoms with Crippen LogP contribution < -0.4 is 10.5 Å². The summed E-state index contributed by atoms with van der Waals surface area (Å²) in [5.41, 5.74) is 10.1. The summed E-state index contributed by atoms with van der Waals surface area (Å²) in [7, 11) is 0. The lowest BCUT2D eigenvalue weighted by Crippen LogP contribution is -2.07. The van der Waals surface area contributed by atoms with Crippen molar-refractivity contribution in [1.82, 2.24) is 0 Å². The number of ether oxygens (including phenoxy) is 1. The lowest BCUT2D eigenvalue weighted by atomic mass is 10.1. The Morgan fingerprint density at radius 1 is 1.00 bits per heavy atom. The number of nitrogens with two attached hydrogens (primary N) is 1. The summed E-state index contributed by atoms with van der Waals surface area (Å²) in [5, 5.41) is 0. The van der Waals surface area contributed by atoms with Crippen molar-refractivity contribution in [2.45, 2.75) is 38.6 Å². The highest BCUT2D eigenvalue weighted by Gasteiger charge is 2.11. The Balaban J connectivity index is 1.74. The molecule has 1 unspecified atom stereocenters. The van der Waals surface area contributed by atoms with Crippen LogP contribution >= 0.6 is 0 Å². The maximum Gasteiger partial charge on any atom is 0.127 e. The van der Waals surface area contributed by atoms with E-state index in [2.05, 4.69) is 37.3 Å². The van der Waals surface area contributed by atoms with E-state index in [4.69, 9.17) is 10.5 Å². The van der Waals surface area contributed by atoms with Gasteiger partial charge in [-0.15, -0.1) is 0 Å². The molecular formula is C18H21NO. The third kappa shape index (κ3) is 2.70. The van der Waals surface area contributed by atoms with E-state index in [1.165, 1.54) is 30.4 Å². The molecule has 0 saturated heterocycles. The van der Waals surface area contributed by atoms with Crippen LogP contribution in [0, 0.1) is 0 Å². The summed E-state index contributed by atoms with van der Waals surface area (Å²) < 4.78 is 5.93. The van der Waals surface area contributed by atoms with Gasteiger partial charge in [0.15, 0.2) is 0 Å². The maximum absolute atomic E-state index is 6.02. The molecule has 0 amide bonds. The minimum Gasteiger partial charge on any atom is -0.457 e. The van der Waals surface area contributed by atoms with E-state index in [-0.39, 0.29) is 6.04 Å². The molecule has 20 heavy (non-hydrogen) atoms. The largest absolute Gasteiger partial charge is 0.457 e. The summed E-state index contributed by atoms with van der Waals surface area (Å²) in [6, 6.07) is 14.6. The Morgan fingerprint density at radius 2 is 1.70 bits per heavy atom. The van der Waals surface area contributed by atoms with Crippen LogP contribution in [0.25, 0.3) is 0 Å². The van der Waals surface area contributed by atoms with Crippen molar-refractivity contribution in [3.8, 4) is 11.5 Å². The van der Waals surface area contributed by atoms with E-state index in [1.54, 1.807) is 0 Å². The van der Waals surface area contributed by atoms with E-state index in [0.29, 0.717) is 0 Å². The topological polar surface area (TPSA) is 35.2 Å². The number of hydrogen-bond acceptors (Lipinski definition) is 2. The quantitative estimate of drug-likeness (QED) is 0.892. The lowest BCUT2D eigenvalue weighted by molar-refractivity contribution is 0.481. The fraction of sp³-hybridized carbons (Fsp3) is 0.333. The highest BCUT2D eigenvalue weighted by molar-refractivity contribution is 5.41. The van der Waals surface area contributed by atoms with Crippen LogP contribution in [0.3, 0.4) is 0 Å². The number of aryl methyl sites for hydroxylation is 2. The van der Waals surface area contributed by atoms with Crippen LogP contribution in [0.2, 0.25) is 0 Å². The predicted octanol–water partition coefficient (Wildman–Crippen LogP) is 4.38. The molecule has 0 spiro atoms. The van der Waals surface area contributed by atoms with Crippen molar-refractivity contribution < 1.29 is 4.74 Å². The van der Waals surface area contributed by atoms with E-state index < -0.39 is 0 Å². The highest BCUT2D eigenvalue weighted by Crippen LogP contribution is 2.29. The lowest BCUT2D eigenvalue weighted by Gasteiger charge is -2.11. The monoisotopic (exact) mass is 267 g/mol. The molecule has 1 atom stereocenters. The Morgan fingerprint density at radius 3 is 2.45 bits per heavy atom. The molecule has 0 bridgehead atoms. The normalized spacial score (nSPS) is 14.9. The van der Waals surface area contributed by atoms with Crippen molar-refractivity contribution in [1.29, 1.82) is 0 Å². The summed E-state index contributed by atoms with van der Waals surface area (Å²) >= 11 is 0. The Hall–Kier alpha value is -1.80. The Labute approximate surface area is 120 Å². The number of hydrogen-bond donors (Lipinski definition) is 1. The molecule has 2 aromatic carbocycles. The molecular weight excluding hydrogens is 246 g/mol. The molecule has 0 aromatic heterocycles. The Kier molecular flexibility index (Phi) is 3.75. The third-order valence-electron chi connectivity index (χ3n) is 4.05. The summed E-state index contributed by atoms with van der Waals surface area (Å²) in [4.78, 5) is 0. The first-order valence-corrected chi connectivity index (χ1v) is 7.41. The highest BCUT2D eigenvalue weighted by atomic mass is 16.5. The molecule has 1 aliphatic carbocycles. The average Bonchev–Trinajstić information content (AvgIpc) is 2.95. The van der Waals surface area contributed by atoms with Crippen LogP contribution in [-0.2, 0) is 12.8 Å². The smallest absolute Gasteiger partial charge is 0.127 e. The van der Waals surface area contributed by atoms with Crippen molar-refractivity contribution in [2.75, 3.05) is 0 Å². The maximum atomic E-state index is 6.02. The first-order valence-electron chi connectivity index (χ1n) is 7.41. The molecule has 104 valence electrons. The van der Waals surface area contributed by atoms with Crippen molar-refractivity contribution in [2.24, 2.45) is 5.73 Å². The van der Waals surface area contributed by atoms with Crippen molar-refractivity contribution in [3.63, 3.8) is 0 Å². The number of benzene rings is 2. The van der Waals surface area contributed by atoms with Gasteiger partial charge in [-0.05, 0) is 66.6 Å². The zero-order valence-corrected chi connectivity index (χ0v) is 11.9. The zero-order chi connectivity index (χ0) is 13.9. The van der Waals surface area contributed by atoms with Crippen molar-refractivity contribution in [3.05, 3.63) is 59.2 Å². The first-order chi connectivity index (χ1) is 9.76. The standard InChI is InChI=1S/C18H21NO/c1-2-18(19)14-7-9-16(10-8-14)20-17-11-6-13-4-3-5-15(13)12-17/h6-12,18H,2-5,19H2,1H3. The van der Waals surface area contributed by atoms with E-state index in [0.717, 1.165) is 23.5 Å². The van der Waals surface area contributed by atoms with E-state index in [1.807, 2.05) is 12.1 Å². The van der Waals surface area contributed by atoms with Gasteiger partial charge in [0, 0.05) is 6.04 Å². The van der Waals surface area contributed by atoms with E-state index >= 15 is 0 Å². The molecule has 0 aliphatic heterocycles. The molecule has 2 nitrogen and oxygen atoms in total. The van der Waals surface area contributed by atoms with Gasteiger partial charge < -0.3 is 10.5 Å². The second-order valence-corrected chi connectivity index (χ2v) is 5.47. The summed E-state index contributed by atoms with van der Waals surface area (Å²) in [6.07, 6.45) is 4.60. The molecule has 1 aliphatic rings. The van der Waals surface area contributed by atoms with Crippen LogP contribution in [0.15, 0.2) is 42.5 Å². The average molecular weight is 267 g/mol. The SMILES string of the molecule is CCC(N)c1ccc(Oc2ccc3c(c2)CCC3)cc1. The van der Waals surface area contributed by atoms with Gasteiger partial charge in [0.05, 0.1) is 0 Å². The third-order valence-corrected chi connectivity index (χ3v) is 4.05. The van der Waals surface area contributed by atoms with Gasteiger partial charge in [-0.3, -0.25) is 0 Å². The number of fused-ring (bicyclic) bond motifs is 1. The Bertz CT molecular complexity index is 589. The molecule has 2 N–H and O–H groups in total. The summed E-state index contributed by atoms with van der Waals surface area (Å²) in [6.45, 7) is 2.10. The fourth-order valence-corrected chi connectivity index (χ4v) is 2.77. The zero-order valence-electron chi connectivity index (χ0n) is 11.9. The molecule has 2 heteroatoms. The molecule has 0 saturated carbocycles. The molecule has 0 radical (unpaired) electrons. The van der Waals surface area contributed by atoms with Crippen LogP contribution in [-0.4, -0.2) is 0 Å². The predicted molar refractivity (Wildman–Crippen MR) is 82.2 cm³/mol. The van der Waals surface area contributed by atoms with Gasteiger partial charge in [-0.2, -0.15) is 0 Å². The van der Waals surface area contributed by atoms with E-state index in [9.17, 15) is 0 Å². The molecule has 0 heterocycles. The second-order valence-electron chi connectivity index (χ2n) is 5.47. The van der Waals surface area contributed by atoms with Gasteiger partial charge in [0.2, 0.25) is 0 Å².